The lowest BCUT2D eigenvalue weighted by atomic mass is 10.0. The average Bonchev–Trinajstić information content (AvgIpc) is 2.70. The maximum atomic E-state index is 11.4. The van der Waals surface area contributed by atoms with Crippen LogP contribution in [0.1, 0.15) is 117 Å². The second-order valence-corrected chi connectivity index (χ2v) is 7.51. The molecule has 3 N–H and O–H groups in total. The molecule has 0 radical (unpaired) electrons. The standard InChI is InChI=1S/C21H40O5.C2H6O/c1-2-3-4-5-6-7-8-9-10-11-12-13-14-15-16-17-20(24)26-21(25)19(23)18-22;1-2-3/h19,22-23H,2-18H2,1H3;3H,2H2,1H3. The molecule has 0 rings (SSSR count). The summed E-state index contributed by atoms with van der Waals surface area (Å²) >= 11 is 0. The van der Waals surface area contributed by atoms with Crippen LogP contribution in [0.2, 0.25) is 0 Å². The number of ether oxygens (including phenoxy) is 1. The van der Waals surface area contributed by atoms with Crippen molar-refractivity contribution in [2.45, 2.75) is 123 Å². The zero-order valence-electron chi connectivity index (χ0n) is 18.9. The number of carbonyl (C=O) groups excluding carboxylic acids is 2. The van der Waals surface area contributed by atoms with Gasteiger partial charge in [0.25, 0.3) is 0 Å². The molecule has 0 aliphatic heterocycles. The summed E-state index contributed by atoms with van der Waals surface area (Å²) < 4.78 is 4.43. The summed E-state index contributed by atoms with van der Waals surface area (Å²) in [5.41, 5.74) is 0. The Labute approximate surface area is 178 Å². The largest absolute Gasteiger partial charge is 0.397 e. The van der Waals surface area contributed by atoms with E-state index in [1.54, 1.807) is 6.92 Å². The third kappa shape index (κ3) is 25.0. The van der Waals surface area contributed by atoms with Crippen LogP contribution in [0, 0.1) is 0 Å². The van der Waals surface area contributed by atoms with E-state index in [1.165, 1.54) is 77.0 Å². The van der Waals surface area contributed by atoms with Crippen LogP contribution in [0.25, 0.3) is 0 Å². The zero-order chi connectivity index (χ0) is 22.2. The predicted molar refractivity (Wildman–Crippen MR) is 116 cm³/mol. The first-order chi connectivity index (χ1) is 14.0. The van der Waals surface area contributed by atoms with Crippen LogP contribution in [-0.4, -0.2) is 46.6 Å². The molecule has 0 bridgehead atoms. The number of hydrogen-bond acceptors (Lipinski definition) is 6. The van der Waals surface area contributed by atoms with Crippen molar-refractivity contribution in [3.63, 3.8) is 0 Å². The van der Waals surface area contributed by atoms with E-state index in [2.05, 4.69) is 11.7 Å². The molecule has 0 aromatic carbocycles. The molecule has 0 spiro atoms. The Hall–Kier alpha value is -0.980. The minimum absolute atomic E-state index is 0.183. The molecule has 0 aromatic heterocycles. The first-order valence-corrected chi connectivity index (χ1v) is 11.7. The molecular formula is C23H46O6. The molecule has 0 saturated heterocycles. The summed E-state index contributed by atoms with van der Waals surface area (Å²) in [4.78, 5) is 22.5. The van der Waals surface area contributed by atoms with Gasteiger partial charge in [-0.3, -0.25) is 4.79 Å². The molecule has 0 amide bonds. The lowest BCUT2D eigenvalue weighted by Gasteiger charge is -2.06. The molecule has 1 atom stereocenters. The van der Waals surface area contributed by atoms with Crippen LogP contribution in [0.15, 0.2) is 0 Å². The molecular weight excluding hydrogens is 372 g/mol. The third-order valence-corrected chi connectivity index (χ3v) is 4.64. The van der Waals surface area contributed by atoms with E-state index in [1.807, 2.05) is 0 Å². The Kier molecular flexibility index (Phi) is 26.1. The van der Waals surface area contributed by atoms with Gasteiger partial charge in [-0.1, -0.05) is 96.8 Å². The number of aliphatic hydroxyl groups is 3. The van der Waals surface area contributed by atoms with E-state index in [0.29, 0.717) is 6.42 Å². The number of unbranched alkanes of at least 4 members (excludes halogenated alkanes) is 14. The summed E-state index contributed by atoms with van der Waals surface area (Å²) in [7, 11) is 0. The van der Waals surface area contributed by atoms with Gasteiger partial charge < -0.3 is 20.1 Å². The zero-order valence-corrected chi connectivity index (χ0v) is 18.9. The number of hydrogen-bond donors (Lipinski definition) is 3. The highest BCUT2D eigenvalue weighted by Crippen LogP contribution is 2.13. The summed E-state index contributed by atoms with van der Waals surface area (Å²) in [5, 5.41) is 25.1. The van der Waals surface area contributed by atoms with Crippen molar-refractivity contribution < 1.29 is 29.6 Å². The molecule has 0 aliphatic carbocycles. The van der Waals surface area contributed by atoms with Gasteiger partial charge in [0.2, 0.25) is 0 Å². The molecule has 174 valence electrons. The van der Waals surface area contributed by atoms with Crippen molar-refractivity contribution in [1.82, 2.24) is 0 Å². The van der Waals surface area contributed by atoms with E-state index in [-0.39, 0.29) is 13.0 Å². The Balaban J connectivity index is 0. The maximum absolute atomic E-state index is 11.4. The van der Waals surface area contributed by atoms with Crippen LogP contribution in [0.5, 0.6) is 0 Å². The second-order valence-electron chi connectivity index (χ2n) is 7.51. The fourth-order valence-electron chi connectivity index (χ4n) is 2.95. The van der Waals surface area contributed by atoms with E-state index in [9.17, 15) is 9.59 Å². The summed E-state index contributed by atoms with van der Waals surface area (Å²) in [5.74, 6) is -1.70. The minimum atomic E-state index is -1.62. The molecule has 0 heterocycles. The van der Waals surface area contributed by atoms with E-state index < -0.39 is 24.6 Å². The molecule has 0 saturated carbocycles. The van der Waals surface area contributed by atoms with E-state index >= 15 is 0 Å². The molecule has 0 aromatic rings. The lowest BCUT2D eigenvalue weighted by molar-refractivity contribution is -0.167. The normalized spacial score (nSPS) is 11.5. The number of carbonyl (C=O) groups is 2. The number of rotatable bonds is 18. The SMILES string of the molecule is CCCCCCCCCCCCCCCCCC(=O)OC(=O)C(O)CO.CCO. The highest BCUT2D eigenvalue weighted by Gasteiger charge is 2.18. The Morgan fingerprint density at radius 2 is 1.03 bits per heavy atom. The van der Waals surface area contributed by atoms with Crippen molar-refractivity contribution >= 4 is 11.9 Å². The quantitative estimate of drug-likeness (QED) is 0.170. The van der Waals surface area contributed by atoms with Gasteiger partial charge >= 0.3 is 11.9 Å². The van der Waals surface area contributed by atoms with Crippen LogP contribution in [-0.2, 0) is 14.3 Å². The van der Waals surface area contributed by atoms with Gasteiger partial charge in [0.05, 0.1) is 6.61 Å². The van der Waals surface area contributed by atoms with Crippen LogP contribution >= 0.6 is 0 Å². The van der Waals surface area contributed by atoms with Gasteiger partial charge in [-0.15, -0.1) is 0 Å². The maximum Gasteiger partial charge on any atom is 0.345 e. The van der Waals surface area contributed by atoms with Gasteiger partial charge in [0.1, 0.15) is 0 Å². The van der Waals surface area contributed by atoms with Crippen LogP contribution < -0.4 is 0 Å². The van der Waals surface area contributed by atoms with E-state index in [0.717, 1.165) is 12.8 Å². The second kappa shape index (κ2) is 25.1. The first kappa shape index (κ1) is 30.2. The van der Waals surface area contributed by atoms with Crippen molar-refractivity contribution in [1.29, 1.82) is 0 Å². The van der Waals surface area contributed by atoms with Gasteiger partial charge in [-0.2, -0.15) is 0 Å². The van der Waals surface area contributed by atoms with Crippen molar-refractivity contribution in [3.8, 4) is 0 Å². The van der Waals surface area contributed by atoms with Gasteiger partial charge in [-0.25, -0.2) is 4.79 Å². The average molecular weight is 419 g/mol. The summed E-state index contributed by atoms with van der Waals surface area (Å²) in [6.07, 6.45) is 17.4. The van der Waals surface area contributed by atoms with Gasteiger partial charge in [-0.05, 0) is 13.3 Å². The summed E-state index contributed by atoms with van der Waals surface area (Å²) in [6.45, 7) is 3.45. The molecule has 6 heteroatoms. The monoisotopic (exact) mass is 418 g/mol. The van der Waals surface area contributed by atoms with Crippen LogP contribution in [0.3, 0.4) is 0 Å². The Bertz CT molecular complexity index is 359. The highest BCUT2D eigenvalue weighted by atomic mass is 16.6. The van der Waals surface area contributed by atoms with Crippen molar-refractivity contribution in [2.24, 2.45) is 0 Å². The highest BCUT2D eigenvalue weighted by molar-refractivity contribution is 5.87. The minimum Gasteiger partial charge on any atom is -0.397 e. The fourth-order valence-corrected chi connectivity index (χ4v) is 2.95. The molecule has 29 heavy (non-hydrogen) atoms. The van der Waals surface area contributed by atoms with Crippen molar-refractivity contribution in [3.05, 3.63) is 0 Å². The Morgan fingerprint density at radius 1 is 0.690 bits per heavy atom. The topological polar surface area (TPSA) is 104 Å². The Morgan fingerprint density at radius 3 is 1.38 bits per heavy atom. The van der Waals surface area contributed by atoms with Crippen LogP contribution in [0.4, 0.5) is 0 Å². The lowest BCUT2D eigenvalue weighted by Crippen LogP contribution is -2.28. The van der Waals surface area contributed by atoms with E-state index in [4.69, 9.17) is 15.3 Å². The van der Waals surface area contributed by atoms with Crippen molar-refractivity contribution in [2.75, 3.05) is 13.2 Å². The fraction of sp³-hybridized carbons (Fsp3) is 0.913. The molecule has 0 aliphatic rings. The smallest absolute Gasteiger partial charge is 0.345 e. The molecule has 6 nitrogen and oxygen atoms in total. The van der Waals surface area contributed by atoms with Gasteiger partial charge in [0, 0.05) is 13.0 Å². The predicted octanol–water partition coefficient (Wildman–Crippen LogP) is 4.67. The first-order valence-electron chi connectivity index (χ1n) is 11.7. The third-order valence-electron chi connectivity index (χ3n) is 4.64. The molecule has 1 unspecified atom stereocenters. The summed E-state index contributed by atoms with van der Waals surface area (Å²) in [6, 6.07) is 0. The number of aliphatic hydroxyl groups excluding tert-OH is 3. The van der Waals surface area contributed by atoms with Gasteiger partial charge in [0.15, 0.2) is 6.10 Å². The number of esters is 2. The molecule has 0 fully saturated rings.